The van der Waals surface area contributed by atoms with E-state index in [1.807, 2.05) is 12.1 Å². The van der Waals surface area contributed by atoms with E-state index in [1.165, 1.54) is 11.1 Å². The predicted molar refractivity (Wildman–Crippen MR) is 115 cm³/mol. The number of aryl methyl sites for hydroxylation is 1. The summed E-state index contributed by atoms with van der Waals surface area (Å²) in [5.41, 5.74) is 3.68. The lowest BCUT2D eigenvalue weighted by atomic mass is 10.1. The van der Waals surface area contributed by atoms with Crippen molar-refractivity contribution in [2.45, 2.75) is 26.3 Å². The average Bonchev–Trinajstić information content (AvgIpc) is 2.80. The molecule has 0 bridgehead atoms. The van der Waals surface area contributed by atoms with Crippen LogP contribution >= 0.6 is 0 Å². The highest BCUT2D eigenvalue weighted by Crippen LogP contribution is 2.24. The standard InChI is InChI=1S/C23H30N4O2/c1-3-20-16-22(27-12-14-29-15-13-27)25-23(24-20)19-8-10-26(11-9-19)17-18-4-6-21(28-2)7-5-18/h4-8,16H,3,9-15,17H2,1-2H3. The zero-order chi connectivity index (χ0) is 20.1. The first kappa shape index (κ1) is 19.9. The number of anilines is 1. The molecule has 154 valence electrons. The van der Waals surface area contributed by atoms with E-state index < -0.39 is 0 Å². The minimum absolute atomic E-state index is 0.768. The molecule has 0 aliphatic carbocycles. The van der Waals surface area contributed by atoms with Crippen LogP contribution in [-0.4, -0.2) is 61.4 Å². The molecule has 3 heterocycles. The number of hydrogen-bond donors (Lipinski definition) is 0. The molecule has 6 heteroatoms. The molecule has 0 unspecified atom stereocenters. The SMILES string of the molecule is CCc1cc(N2CCOCC2)nc(C2=CCN(Cc3ccc(OC)cc3)CC2)n1. The molecule has 0 N–H and O–H groups in total. The molecule has 2 aromatic rings. The van der Waals surface area contributed by atoms with E-state index in [9.17, 15) is 0 Å². The van der Waals surface area contributed by atoms with E-state index in [2.05, 4.69) is 41.0 Å². The Kier molecular flexibility index (Phi) is 6.42. The third-order valence-electron chi connectivity index (χ3n) is 5.61. The van der Waals surface area contributed by atoms with Crippen LogP contribution in [0.1, 0.15) is 30.4 Å². The second-order valence-electron chi connectivity index (χ2n) is 7.56. The maximum atomic E-state index is 5.49. The molecular weight excluding hydrogens is 364 g/mol. The monoisotopic (exact) mass is 394 g/mol. The highest BCUT2D eigenvalue weighted by atomic mass is 16.5. The van der Waals surface area contributed by atoms with Crippen LogP contribution in [0.25, 0.3) is 5.57 Å². The lowest BCUT2D eigenvalue weighted by Gasteiger charge is -2.29. The first-order valence-corrected chi connectivity index (χ1v) is 10.5. The molecule has 0 spiro atoms. The van der Waals surface area contributed by atoms with E-state index in [0.29, 0.717) is 0 Å². The summed E-state index contributed by atoms with van der Waals surface area (Å²) in [6, 6.07) is 10.5. The van der Waals surface area contributed by atoms with Crippen LogP contribution in [0.5, 0.6) is 5.75 Å². The van der Waals surface area contributed by atoms with Gasteiger partial charge in [-0.2, -0.15) is 0 Å². The molecule has 6 nitrogen and oxygen atoms in total. The van der Waals surface area contributed by atoms with Gasteiger partial charge < -0.3 is 14.4 Å². The van der Waals surface area contributed by atoms with E-state index in [4.69, 9.17) is 19.4 Å². The molecule has 2 aliphatic heterocycles. The highest BCUT2D eigenvalue weighted by Gasteiger charge is 2.19. The van der Waals surface area contributed by atoms with Crippen LogP contribution in [0.2, 0.25) is 0 Å². The van der Waals surface area contributed by atoms with Crippen LogP contribution in [0.15, 0.2) is 36.4 Å². The van der Waals surface area contributed by atoms with Gasteiger partial charge in [0.15, 0.2) is 5.82 Å². The van der Waals surface area contributed by atoms with Gasteiger partial charge in [-0.05, 0) is 36.1 Å². The van der Waals surface area contributed by atoms with Crippen molar-refractivity contribution in [2.75, 3.05) is 51.4 Å². The number of benzene rings is 1. The zero-order valence-corrected chi connectivity index (χ0v) is 17.4. The quantitative estimate of drug-likeness (QED) is 0.750. The van der Waals surface area contributed by atoms with Crippen molar-refractivity contribution in [3.63, 3.8) is 0 Å². The van der Waals surface area contributed by atoms with Gasteiger partial charge in [-0.15, -0.1) is 0 Å². The molecule has 29 heavy (non-hydrogen) atoms. The van der Waals surface area contributed by atoms with Gasteiger partial charge in [-0.25, -0.2) is 9.97 Å². The summed E-state index contributed by atoms with van der Waals surface area (Å²) >= 11 is 0. The fourth-order valence-corrected chi connectivity index (χ4v) is 3.81. The molecule has 1 aromatic carbocycles. The molecule has 1 fully saturated rings. The molecule has 1 aromatic heterocycles. The molecule has 0 saturated carbocycles. The van der Waals surface area contributed by atoms with E-state index >= 15 is 0 Å². The number of ether oxygens (including phenoxy) is 2. The van der Waals surface area contributed by atoms with Crippen LogP contribution in [0.3, 0.4) is 0 Å². The first-order valence-electron chi connectivity index (χ1n) is 10.5. The number of aromatic nitrogens is 2. The van der Waals surface area contributed by atoms with E-state index in [1.54, 1.807) is 7.11 Å². The summed E-state index contributed by atoms with van der Waals surface area (Å²) in [6.45, 7) is 8.37. The number of nitrogens with zero attached hydrogens (tertiary/aromatic N) is 4. The Hall–Kier alpha value is -2.44. The number of morpholine rings is 1. The van der Waals surface area contributed by atoms with Gasteiger partial charge in [0, 0.05) is 44.5 Å². The van der Waals surface area contributed by atoms with Crippen LogP contribution < -0.4 is 9.64 Å². The van der Waals surface area contributed by atoms with E-state index in [-0.39, 0.29) is 0 Å². The van der Waals surface area contributed by atoms with E-state index in [0.717, 1.165) is 81.9 Å². The summed E-state index contributed by atoms with van der Waals surface area (Å²) in [7, 11) is 1.70. The fourth-order valence-electron chi connectivity index (χ4n) is 3.81. The zero-order valence-electron chi connectivity index (χ0n) is 17.4. The van der Waals surface area contributed by atoms with Crippen molar-refractivity contribution in [1.82, 2.24) is 14.9 Å². The fraction of sp³-hybridized carbons (Fsp3) is 0.478. The number of methoxy groups -OCH3 is 1. The average molecular weight is 395 g/mol. The minimum atomic E-state index is 0.768. The maximum absolute atomic E-state index is 5.49. The first-order chi connectivity index (χ1) is 14.2. The van der Waals surface area contributed by atoms with Crippen molar-refractivity contribution < 1.29 is 9.47 Å². The second-order valence-corrected chi connectivity index (χ2v) is 7.56. The van der Waals surface area contributed by atoms with Crippen molar-refractivity contribution in [3.8, 4) is 5.75 Å². The smallest absolute Gasteiger partial charge is 0.157 e. The van der Waals surface area contributed by atoms with Crippen LogP contribution in [0.4, 0.5) is 5.82 Å². The van der Waals surface area contributed by atoms with Crippen molar-refractivity contribution >= 4 is 11.4 Å². The Labute approximate surface area is 173 Å². The van der Waals surface area contributed by atoms with Crippen LogP contribution in [-0.2, 0) is 17.7 Å². The summed E-state index contributed by atoms with van der Waals surface area (Å²) in [4.78, 5) is 14.5. The lowest BCUT2D eigenvalue weighted by Crippen LogP contribution is -2.37. The van der Waals surface area contributed by atoms with Gasteiger partial charge in [-0.3, -0.25) is 4.90 Å². The molecule has 1 saturated heterocycles. The van der Waals surface area contributed by atoms with Gasteiger partial charge in [-0.1, -0.05) is 25.1 Å². The Balaban J connectivity index is 1.45. The molecule has 4 rings (SSSR count). The topological polar surface area (TPSA) is 50.7 Å². The third kappa shape index (κ3) is 4.95. The van der Waals surface area contributed by atoms with Gasteiger partial charge in [0.1, 0.15) is 11.6 Å². The number of rotatable bonds is 6. The van der Waals surface area contributed by atoms with Crippen LogP contribution in [0, 0.1) is 0 Å². The van der Waals surface area contributed by atoms with Gasteiger partial charge >= 0.3 is 0 Å². The number of hydrogen-bond acceptors (Lipinski definition) is 6. The maximum Gasteiger partial charge on any atom is 0.157 e. The predicted octanol–water partition coefficient (Wildman–Crippen LogP) is 3.17. The Morgan fingerprint density at radius 3 is 2.52 bits per heavy atom. The summed E-state index contributed by atoms with van der Waals surface area (Å²) in [5.74, 6) is 2.84. The van der Waals surface area contributed by atoms with Gasteiger partial charge in [0.05, 0.1) is 20.3 Å². The Morgan fingerprint density at radius 1 is 1.07 bits per heavy atom. The molecule has 0 atom stereocenters. The summed E-state index contributed by atoms with van der Waals surface area (Å²) < 4.78 is 10.7. The summed E-state index contributed by atoms with van der Waals surface area (Å²) in [6.07, 6.45) is 4.19. The minimum Gasteiger partial charge on any atom is -0.497 e. The Bertz CT molecular complexity index is 844. The summed E-state index contributed by atoms with van der Waals surface area (Å²) in [5, 5.41) is 0. The van der Waals surface area contributed by atoms with Gasteiger partial charge in [0.2, 0.25) is 0 Å². The Morgan fingerprint density at radius 2 is 1.86 bits per heavy atom. The highest BCUT2D eigenvalue weighted by molar-refractivity contribution is 5.62. The normalized spacial score (nSPS) is 17.9. The molecule has 0 radical (unpaired) electrons. The van der Waals surface area contributed by atoms with Crippen molar-refractivity contribution in [3.05, 3.63) is 53.5 Å². The van der Waals surface area contributed by atoms with Crippen molar-refractivity contribution in [2.24, 2.45) is 0 Å². The van der Waals surface area contributed by atoms with Crippen molar-refractivity contribution in [1.29, 1.82) is 0 Å². The third-order valence-corrected chi connectivity index (χ3v) is 5.61. The molecular formula is C23H30N4O2. The largest absolute Gasteiger partial charge is 0.497 e. The lowest BCUT2D eigenvalue weighted by molar-refractivity contribution is 0.122. The molecule has 0 amide bonds. The second kappa shape index (κ2) is 9.37. The van der Waals surface area contributed by atoms with Gasteiger partial charge in [0.25, 0.3) is 0 Å². The molecule has 2 aliphatic rings.